The summed E-state index contributed by atoms with van der Waals surface area (Å²) in [5, 5.41) is 0. The first-order chi connectivity index (χ1) is 7.96. The summed E-state index contributed by atoms with van der Waals surface area (Å²) in [5.41, 5.74) is -0.0156. The van der Waals surface area contributed by atoms with Crippen LogP contribution in [0.1, 0.15) is 40.5 Å². The van der Waals surface area contributed by atoms with Crippen LogP contribution in [-0.2, 0) is 9.47 Å². The number of rotatable bonds is 4. The quantitative estimate of drug-likeness (QED) is 0.754. The minimum absolute atomic E-state index is 0.0156. The van der Waals surface area contributed by atoms with E-state index in [0.29, 0.717) is 18.0 Å². The molecule has 0 amide bonds. The summed E-state index contributed by atoms with van der Waals surface area (Å²) in [5.74, 6) is 0.607. The Morgan fingerprint density at radius 3 is 2.35 bits per heavy atom. The molecule has 2 bridgehead atoms. The molecule has 0 aromatic rings. The van der Waals surface area contributed by atoms with Crippen molar-refractivity contribution in [1.82, 2.24) is 4.90 Å². The van der Waals surface area contributed by atoms with E-state index in [1.54, 1.807) is 0 Å². The summed E-state index contributed by atoms with van der Waals surface area (Å²) in [6, 6.07) is 1.34. The first kappa shape index (κ1) is 13.3. The van der Waals surface area contributed by atoms with Crippen molar-refractivity contribution in [1.29, 1.82) is 0 Å². The summed E-state index contributed by atoms with van der Waals surface area (Å²) >= 11 is 0. The SMILES string of the molecule is CC(COC(C)(C)C)CN1C2CCC1COC2. The Bertz CT molecular complexity index is 233. The molecule has 2 saturated heterocycles. The smallest absolute Gasteiger partial charge is 0.0622 e. The van der Waals surface area contributed by atoms with Gasteiger partial charge in [-0.1, -0.05) is 6.92 Å². The van der Waals surface area contributed by atoms with Gasteiger partial charge in [-0.3, -0.25) is 4.90 Å². The highest BCUT2D eigenvalue weighted by atomic mass is 16.5. The zero-order chi connectivity index (χ0) is 12.5. The predicted octanol–water partition coefficient (Wildman–Crippen LogP) is 2.30. The van der Waals surface area contributed by atoms with E-state index < -0.39 is 0 Å². The Labute approximate surface area is 105 Å². The van der Waals surface area contributed by atoms with Crippen LogP contribution in [0.25, 0.3) is 0 Å². The zero-order valence-electron chi connectivity index (χ0n) is 11.7. The number of nitrogens with zero attached hydrogens (tertiary/aromatic N) is 1. The van der Waals surface area contributed by atoms with Crippen molar-refractivity contribution in [2.24, 2.45) is 5.92 Å². The molecule has 0 radical (unpaired) electrons. The van der Waals surface area contributed by atoms with Gasteiger partial charge >= 0.3 is 0 Å². The maximum Gasteiger partial charge on any atom is 0.0622 e. The van der Waals surface area contributed by atoms with Gasteiger partial charge in [0.05, 0.1) is 25.4 Å². The molecule has 0 aromatic heterocycles. The fourth-order valence-corrected chi connectivity index (χ4v) is 2.82. The molecule has 2 heterocycles. The van der Waals surface area contributed by atoms with Gasteiger partial charge in [-0.05, 0) is 39.5 Å². The molecular formula is C14H27NO2. The van der Waals surface area contributed by atoms with Crippen LogP contribution in [-0.4, -0.2) is 49.0 Å². The molecule has 2 aliphatic rings. The van der Waals surface area contributed by atoms with Crippen molar-refractivity contribution in [3.63, 3.8) is 0 Å². The molecule has 0 saturated carbocycles. The fourth-order valence-electron chi connectivity index (χ4n) is 2.82. The van der Waals surface area contributed by atoms with E-state index >= 15 is 0 Å². The second-order valence-electron chi connectivity index (χ2n) is 6.65. The summed E-state index contributed by atoms with van der Waals surface area (Å²) < 4.78 is 11.5. The van der Waals surface area contributed by atoms with Crippen molar-refractivity contribution < 1.29 is 9.47 Å². The lowest BCUT2D eigenvalue weighted by Crippen LogP contribution is -2.48. The molecule has 0 N–H and O–H groups in total. The van der Waals surface area contributed by atoms with Crippen molar-refractivity contribution in [3.8, 4) is 0 Å². The lowest BCUT2D eigenvalue weighted by Gasteiger charge is -2.36. The van der Waals surface area contributed by atoms with Crippen molar-refractivity contribution in [2.75, 3.05) is 26.4 Å². The molecule has 3 unspecified atom stereocenters. The first-order valence-electron chi connectivity index (χ1n) is 6.93. The van der Waals surface area contributed by atoms with Gasteiger partial charge in [0, 0.05) is 18.6 Å². The van der Waals surface area contributed by atoms with Crippen molar-refractivity contribution >= 4 is 0 Å². The van der Waals surface area contributed by atoms with Crippen LogP contribution < -0.4 is 0 Å². The molecule has 2 rings (SSSR count). The Morgan fingerprint density at radius 2 is 1.82 bits per heavy atom. The minimum atomic E-state index is -0.0156. The fraction of sp³-hybridized carbons (Fsp3) is 1.00. The standard InChI is InChI=1S/C14H27NO2/c1-11(8-17-14(2,3)4)7-15-12-5-6-13(15)10-16-9-12/h11-13H,5-10H2,1-4H3. The van der Waals surface area contributed by atoms with Gasteiger partial charge in [-0.15, -0.1) is 0 Å². The lowest BCUT2D eigenvalue weighted by molar-refractivity contribution is -0.0483. The van der Waals surface area contributed by atoms with Crippen LogP contribution in [0.15, 0.2) is 0 Å². The predicted molar refractivity (Wildman–Crippen MR) is 69.2 cm³/mol. The number of hydrogen-bond acceptors (Lipinski definition) is 3. The molecule has 0 spiro atoms. The van der Waals surface area contributed by atoms with Crippen LogP contribution in [0.2, 0.25) is 0 Å². The van der Waals surface area contributed by atoms with Crippen LogP contribution in [0.3, 0.4) is 0 Å². The molecular weight excluding hydrogens is 214 g/mol. The minimum Gasteiger partial charge on any atom is -0.378 e. The summed E-state index contributed by atoms with van der Waals surface area (Å²) in [7, 11) is 0. The molecule has 2 fully saturated rings. The number of fused-ring (bicyclic) bond motifs is 2. The highest BCUT2D eigenvalue weighted by Crippen LogP contribution is 2.29. The molecule has 2 aliphatic heterocycles. The van der Waals surface area contributed by atoms with Gasteiger partial charge in [-0.25, -0.2) is 0 Å². The zero-order valence-corrected chi connectivity index (χ0v) is 11.7. The van der Waals surface area contributed by atoms with E-state index in [-0.39, 0.29) is 5.60 Å². The third kappa shape index (κ3) is 3.67. The number of ether oxygens (including phenoxy) is 2. The maximum absolute atomic E-state index is 5.87. The Kier molecular flexibility index (Phi) is 4.11. The van der Waals surface area contributed by atoms with Gasteiger partial charge in [-0.2, -0.15) is 0 Å². The van der Waals surface area contributed by atoms with Gasteiger partial charge in [0.25, 0.3) is 0 Å². The van der Waals surface area contributed by atoms with Gasteiger partial charge < -0.3 is 9.47 Å². The summed E-state index contributed by atoms with van der Waals surface area (Å²) in [6.07, 6.45) is 2.63. The number of morpholine rings is 1. The molecule has 100 valence electrons. The lowest BCUT2D eigenvalue weighted by atomic mass is 10.1. The van der Waals surface area contributed by atoms with Crippen molar-refractivity contribution in [3.05, 3.63) is 0 Å². The average Bonchev–Trinajstić information content (AvgIpc) is 2.49. The Balaban J connectivity index is 1.77. The third-order valence-electron chi connectivity index (χ3n) is 3.71. The molecule has 0 aliphatic carbocycles. The van der Waals surface area contributed by atoms with Gasteiger partial charge in [0.2, 0.25) is 0 Å². The largest absolute Gasteiger partial charge is 0.378 e. The summed E-state index contributed by atoms with van der Waals surface area (Å²) in [6.45, 7) is 12.6. The Hall–Kier alpha value is -0.120. The molecule has 3 heteroatoms. The van der Waals surface area contributed by atoms with Crippen LogP contribution in [0, 0.1) is 5.92 Å². The van der Waals surface area contributed by atoms with Gasteiger partial charge in [0.1, 0.15) is 0 Å². The van der Waals surface area contributed by atoms with Crippen LogP contribution >= 0.6 is 0 Å². The molecule has 0 aromatic carbocycles. The van der Waals surface area contributed by atoms with E-state index in [1.807, 2.05) is 0 Å². The van der Waals surface area contributed by atoms with E-state index in [4.69, 9.17) is 9.47 Å². The van der Waals surface area contributed by atoms with Gasteiger partial charge in [0.15, 0.2) is 0 Å². The maximum atomic E-state index is 5.87. The van der Waals surface area contributed by atoms with E-state index in [2.05, 4.69) is 32.6 Å². The van der Waals surface area contributed by atoms with E-state index in [1.165, 1.54) is 12.8 Å². The summed E-state index contributed by atoms with van der Waals surface area (Å²) in [4.78, 5) is 2.65. The average molecular weight is 241 g/mol. The number of hydrogen-bond donors (Lipinski definition) is 0. The van der Waals surface area contributed by atoms with E-state index in [0.717, 1.165) is 26.4 Å². The van der Waals surface area contributed by atoms with Crippen LogP contribution in [0.4, 0.5) is 0 Å². The van der Waals surface area contributed by atoms with Crippen LogP contribution in [0.5, 0.6) is 0 Å². The topological polar surface area (TPSA) is 21.7 Å². The highest BCUT2D eigenvalue weighted by Gasteiger charge is 2.37. The first-order valence-corrected chi connectivity index (χ1v) is 6.93. The third-order valence-corrected chi connectivity index (χ3v) is 3.71. The second-order valence-corrected chi connectivity index (χ2v) is 6.65. The van der Waals surface area contributed by atoms with E-state index in [9.17, 15) is 0 Å². The second kappa shape index (κ2) is 5.25. The van der Waals surface area contributed by atoms with Crippen molar-refractivity contribution in [2.45, 2.75) is 58.2 Å². The molecule has 3 nitrogen and oxygen atoms in total. The highest BCUT2D eigenvalue weighted by molar-refractivity contribution is 4.91. The molecule has 17 heavy (non-hydrogen) atoms. The Morgan fingerprint density at radius 1 is 1.24 bits per heavy atom. The monoisotopic (exact) mass is 241 g/mol. The normalized spacial score (nSPS) is 31.8. The molecule has 3 atom stereocenters.